The molecule has 59 heavy (non-hydrogen) atoms. The summed E-state index contributed by atoms with van der Waals surface area (Å²) < 4.78 is 64.2. The third-order valence-electron chi connectivity index (χ3n) is 10.8. The number of nitrogens with one attached hydrogen (secondary N) is 1. The van der Waals surface area contributed by atoms with Crippen LogP contribution in [0, 0.1) is 12.3 Å². The van der Waals surface area contributed by atoms with E-state index in [0.717, 1.165) is 12.0 Å². The van der Waals surface area contributed by atoms with Gasteiger partial charge in [0.25, 0.3) is 0 Å². The summed E-state index contributed by atoms with van der Waals surface area (Å²) in [6.07, 6.45) is -1.33. The maximum atomic E-state index is 14.0. The lowest BCUT2D eigenvalue weighted by Gasteiger charge is -2.27. The minimum Gasteiger partial charge on any atom is -0.485 e. The lowest BCUT2D eigenvalue weighted by Crippen LogP contribution is -2.47. The average Bonchev–Trinajstić information content (AvgIpc) is 3.60. The summed E-state index contributed by atoms with van der Waals surface area (Å²) in [6, 6.07) is 7.95. The first-order valence-electron chi connectivity index (χ1n) is 19.1. The molecule has 0 bridgehead atoms. The molecule has 2 amide bonds. The topological polar surface area (TPSA) is 214 Å². The Morgan fingerprint density at radius 2 is 1.66 bits per heavy atom. The fourth-order valence-corrected chi connectivity index (χ4v) is 9.12. The Hall–Kier alpha value is -3.85. The van der Waals surface area contributed by atoms with E-state index in [1.807, 2.05) is 13.0 Å². The Balaban J connectivity index is 0.980. The van der Waals surface area contributed by atoms with E-state index in [-0.39, 0.29) is 80.9 Å². The molecule has 7 rings (SSSR count). The number of amides is 2. The van der Waals surface area contributed by atoms with E-state index in [4.69, 9.17) is 42.0 Å². The van der Waals surface area contributed by atoms with Crippen molar-refractivity contribution in [1.29, 1.82) is 0 Å². The number of likely N-dealkylation sites (tertiary alicyclic amines) is 1. The van der Waals surface area contributed by atoms with Gasteiger partial charge in [-0.1, -0.05) is 13.0 Å². The highest BCUT2D eigenvalue weighted by atomic mass is 79.9. The number of aromatic nitrogens is 3. The number of esters is 1. The number of rotatable bonds is 19. The molecule has 7 atom stereocenters. The molecular formula is C38H47BrN5O14P. The molecule has 5 heterocycles. The monoisotopic (exact) mass is 907 g/mol. The number of anilines is 1. The minimum absolute atomic E-state index is 0.0156. The third kappa shape index (κ3) is 9.55. The number of piperidine rings is 1. The van der Waals surface area contributed by atoms with Gasteiger partial charge in [-0.25, -0.2) is 14.3 Å². The summed E-state index contributed by atoms with van der Waals surface area (Å²) in [4.78, 5) is 59.2. The number of phosphoric acid groups is 1. The first kappa shape index (κ1) is 43.2. The van der Waals surface area contributed by atoms with Crippen LogP contribution in [0.3, 0.4) is 0 Å². The van der Waals surface area contributed by atoms with Gasteiger partial charge in [0, 0.05) is 32.6 Å². The Morgan fingerprint density at radius 3 is 2.36 bits per heavy atom. The van der Waals surface area contributed by atoms with Crippen LogP contribution in [-0.2, 0) is 62.7 Å². The molecule has 1 saturated carbocycles. The number of pyridine rings is 1. The molecule has 0 radical (unpaired) electrons. The molecule has 1 aliphatic carbocycles. The molecule has 4 aliphatic rings. The van der Waals surface area contributed by atoms with E-state index in [1.165, 1.54) is 25.8 Å². The van der Waals surface area contributed by atoms with E-state index in [1.54, 1.807) is 29.2 Å². The number of phosphoric ester groups is 1. The molecule has 21 heteroatoms. The second-order valence-corrected chi connectivity index (χ2v) is 17.6. The van der Waals surface area contributed by atoms with Crippen LogP contribution in [-0.4, -0.2) is 140 Å². The SMILES string of the molecule is COCCOP(=O)(OCCOC)OCC(=O)O[C@@H]1CO[C@H]2[C@@H]1OC[C@H]2Oc1ccc2c(c1)c(C(C)=O)nn2CC(=O)N1[C@H](C(=O)Nc2nc(Br)ccc2C)C[C@@]2(C)C[C@@H]12. The lowest BCUT2D eigenvalue weighted by molar-refractivity contribution is -0.156. The van der Waals surface area contributed by atoms with Gasteiger partial charge in [0.15, 0.2) is 24.6 Å². The molecule has 0 spiro atoms. The Morgan fingerprint density at radius 1 is 0.966 bits per heavy atom. The van der Waals surface area contributed by atoms with Gasteiger partial charge in [0.1, 0.15) is 46.7 Å². The number of aryl methyl sites for hydroxylation is 1. The van der Waals surface area contributed by atoms with Crippen molar-refractivity contribution < 1.29 is 65.7 Å². The first-order valence-corrected chi connectivity index (χ1v) is 21.4. The summed E-state index contributed by atoms with van der Waals surface area (Å²) in [5.41, 5.74) is 1.33. The summed E-state index contributed by atoms with van der Waals surface area (Å²) in [6.45, 7) is 4.60. The molecule has 320 valence electrons. The Kier molecular flexibility index (Phi) is 13.2. The number of Topliss-reactive ketones (excluding diaryl/α,β-unsaturated/α-hetero) is 1. The maximum absolute atomic E-state index is 14.0. The number of halogens is 1. The predicted molar refractivity (Wildman–Crippen MR) is 210 cm³/mol. The highest BCUT2D eigenvalue weighted by Gasteiger charge is 2.64. The van der Waals surface area contributed by atoms with E-state index in [9.17, 15) is 23.7 Å². The van der Waals surface area contributed by atoms with Gasteiger partial charge in [-0.2, -0.15) is 5.10 Å². The van der Waals surface area contributed by atoms with Crippen molar-refractivity contribution in [3.8, 4) is 5.75 Å². The highest BCUT2D eigenvalue weighted by Crippen LogP contribution is 2.59. The third-order valence-corrected chi connectivity index (χ3v) is 12.7. The Labute approximate surface area is 348 Å². The largest absolute Gasteiger partial charge is 0.485 e. The van der Waals surface area contributed by atoms with Gasteiger partial charge in [0.2, 0.25) is 11.8 Å². The van der Waals surface area contributed by atoms with Crippen LogP contribution in [0.4, 0.5) is 5.82 Å². The van der Waals surface area contributed by atoms with Crippen molar-refractivity contribution in [1.82, 2.24) is 19.7 Å². The number of hydrogen-bond acceptors (Lipinski definition) is 16. The number of benzene rings is 1. The smallest absolute Gasteiger partial charge is 0.475 e. The zero-order valence-electron chi connectivity index (χ0n) is 33.3. The van der Waals surface area contributed by atoms with Crippen LogP contribution in [0.25, 0.3) is 10.9 Å². The summed E-state index contributed by atoms with van der Waals surface area (Å²) >= 11 is 3.35. The Bertz CT molecular complexity index is 2120. The van der Waals surface area contributed by atoms with Crippen LogP contribution < -0.4 is 10.1 Å². The van der Waals surface area contributed by atoms with Crippen LogP contribution in [0.1, 0.15) is 42.7 Å². The van der Waals surface area contributed by atoms with Crippen LogP contribution in [0.2, 0.25) is 0 Å². The van der Waals surface area contributed by atoms with E-state index >= 15 is 0 Å². The highest BCUT2D eigenvalue weighted by molar-refractivity contribution is 9.10. The summed E-state index contributed by atoms with van der Waals surface area (Å²) in [5.74, 6) is -0.914. The van der Waals surface area contributed by atoms with E-state index < -0.39 is 50.9 Å². The zero-order chi connectivity index (χ0) is 42.1. The standard InChI is InChI=1S/C38H47BrN5O14P/c1-21-6-9-30(39)40-36(21)41-37(48)26-15-38(3)16-29(38)44(26)31(46)17-43-25-8-7-23(14-24(25)33(42-43)22(2)45)57-27-18-52-35-28(19-53-34(27)35)58-32(47)20-56-59(49,54-12-10-50-4)55-13-11-51-5/h6-9,14,26-29,34-35H,10-13,15-20H2,1-5H3,(H,40,41,48)/t26-,27+,28+,29+,34+,35+,38-/m0/s1. The molecule has 3 saturated heterocycles. The van der Waals surface area contributed by atoms with Crippen LogP contribution in [0.5, 0.6) is 5.75 Å². The summed E-state index contributed by atoms with van der Waals surface area (Å²) in [5, 5.41) is 7.93. The fraction of sp³-hybridized carbons (Fsp3) is 0.579. The predicted octanol–water partition coefficient (Wildman–Crippen LogP) is 3.63. The zero-order valence-corrected chi connectivity index (χ0v) is 35.7. The fourth-order valence-electron chi connectivity index (χ4n) is 7.73. The van der Waals surface area contributed by atoms with Gasteiger partial charge < -0.3 is 38.6 Å². The van der Waals surface area contributed by atoms with Crippen molar-refractivity contribution in [3.05, 3.63) is 46.2 Å². The van der Waals surface area contributed by atoms with Crippen molar-refractivity contribution in [2.45, 2.75) is 76.7 Å². The van der Waals surface area contributed by atoms with Gasteiger partial charge in [0.05, 0.1) is 45.2 Å². The molecule has 3 aliphatic heterocycles. The number of methoxy groups -OCH3 is 2. The number of carbonyl (C=O) groups excluding carboxylic acids is 4. The minimum atomic E-state index is -4.12. The average molecular weight is 909 g/mol. The molecule has 2 aromatic heterocycles. The maximum Gasteiger partial charge on any atom is 0.475 e. The number of carbonyl (C=O) groups is 4. The lowest BCUT2D eigenvalue weighted by atomic mass is 10.0. The molecular weight excluding hydrogens is 861 g/mol. The van der Waals surface area contributed by atoms with Gasteiger partial charge in [-0.05, 0) is 70.9 Å². The molecule has 1 N–H and O–H groups in total. The molecule has 1 aromatic carbocycles. The number of ether oxygens (including phenoxy) is 6. The van der Waals surface area contributed by atoms with Crippen LogP contribution >= 0.6 is 23.8 Å². The molecule has 19 nitrogen and oxygen atoms in total. The number of fused-ring (bicyclic) bond motifs is 3. The second kappa shape index (κ2) is 18.0. The van der Waals surface area contributed by atoms with Gasteiger partial charge in [-0.15, -0.1) is 0 Å². The van der Waals surface area contributed by atoms with E-state index in [2.05, 4.69) is 38.3 Å². The summed E-state index contributed by atoms with van der Waals surface area (Å²) in [7, 11) is -1.22. The number of hydrogen-bond donors (Lipinski definition) is 1. The van der Waals surface area contributed by atoms with Crippen molar-refractivity contribution in [3.63, 3.8) is 0 Å². The van der Waals surface area contributed by atoms with Gasteiger partial charge in [-0.3, -0.25) is 32.6 Å². The second-order valence-electron chi connectivity index (χ2n) is 15.1. The number of ketones is 1. The normalized spacial score (nSPS) is 25.8. The quantitative estimate of drug-likeness (QED) is 0.0598. The van der Waals surface area contributed by atoms with Crippen LogP contribution in [0.15, 0.2) is 34.9 Å². The number of nitrogens with zero attached hydrogens (tertiary/aromatic N) is 4. The molecule has 0 unspecified atom stereocenters. The van der Waals surface area contributed by atoms with Crippen molar-refractivity contribution >= 4 is 64.0 Å². The first-order chi connectivity index (χ1) is 28.2. The molecule has 3 aromatic rings. The van der Waals surface area contributed by atoms with Gasteiger partial charge >= 0.3 is 13.8 Å². The van der Waals surface area contributed by atoms with E-state index in [0.29, 0.717) is 33.5 Å². The van der Waals surface area contributed by atoms with Crippen molar-refractivity contribution in [2.24, 2.45) is 5.41 Å². The molecule has 4 fully saturated rings. The van der Waals surface area contributed by atoms with Crippen molar-refractivity contribution in [2.75, 3.05) is 65.8 Å².